The van der Waals surface area contributed by atoms with Crippen LogP contribution in [0.15, 0.2) is 0 Å². The van der Waals surface area contributed by atoms with Crippen molar-refractivity contribution in [2.45, 2.75) is 12.5 Å². The zero-order valence-corrected chi connectivity index (χ0v) is 8.98. The number of hydrogen-bond acceptors (Lipinski definition) is 5. The summed E-state index contributed by atoms with van der Waals surface area (Å²) in [5, 5.41) is 9.01. The molecule has 2 unspecified atom stereocenters. The van der Waals surface area contributed by atoms with Gasteiger partial charge in [-0.3, -0.25) is 15.1 Å². The average Bonchev–Trinajstić information content (AvgIpc) is 2.73. The number of rotatable bonds is 5. The van der Waals surface area contributed by atoms with Crippen LogP contribution in [0.2, 0.25) is 0 Å². The lowest BCUT2D eigenvalue weighted by Gasteiger charge is -2.25. The molecule has 88 valence electrons. The first-order valence-electron chi connectivity index (χ1n) is 5.07. The van der Waals surface area contributed by atoms with Crippen LogP contribution in [0.4, 0.5) is 0 Å². The van der Waals surface area contributed by atoms with Gasteiger partial charge >= 0.3 is 0 Å². The molecular weight excluding hydrogens is 198 g/mol. The predicted octanol–water partition coefficient (Wildman–Crippen LogP) is -1.69. The second-order valence-corrected chi connectivity index (χ2v) is 3.81. The number of aliphatic hydroxyl groups is 1. The Morgan fingerprint density at radius 3 is 3.00 bits per heavy atom. The van der Waals surface area contributed by atoms with E-state index >= 15 is 0 Å². The molecule has 6 heteroatoms. The highest BCUT2D eigenvalue weighted by molar-refractivity contribution is 5.81. The van der Waals surface area contributed by atoms with Crippen molar-refractivity contribution in [2.75, 3.05) is 33.4 Å². The van der Waals surface area contributed by atoms with Crippen molar-refractivity contribution in [3.05, 3.63) is 0 Å². The SMILES string of the molecule is COCC(C(=O)NN)N1CCC(CO)C1. The Labute approximate surface area is 89.3 Å². The number of carbonyl (C=O) groups excluding carboxylic acids is 1. The summed E-state index contributed by atoms with van der Waals surface area (Å²) < 4.78 is 4.99. The van der Waals surface area contributed by atoms with Crippen LogP contribution in [0.25, 0.3) is 0 Å². The first kappa shape index (κ1) is 12.4. The van der Waals surface area contributed by atoms with Crippen molar-refractivity contribution in [2.24, 2.45) is 11.8 Å². The molecule has 1 saturated heterocycles. The van der Waals surface area contributed by atoms with Crippen LogP contribution >= 0.6 is 0 Å². The second kappa shape index (κ2) is 6.02. The summed E-state index contributed by atoms with van der Waals surface area (Å²) >= 11 is 0. The number of amides is 1. The molecule has 0 radical (unpaired) electrons. The number of nitrogens with one attached hydrogen (secondary N) is 1. The van der Waals surface area contributed by atoms with Gasteiger partial charge in [0.05, 0.1) is 6.61 Å². The van der Waals surface area contributed by atoms with Crippen LogP contribution in [0.1, 0.15) is 6.42 Å². The van der Waals surface area contributed by atoms with E-state index in [0.29, 0.717) is 6.61 Å². The maximum absolute atomic E-state index is 11.5. The monoisotopic (exact) mass is 217 g/mol. The molecule has 1 aliphatic heterocycles. The lowest BCUT2D eigenvalue weighted by Crippen LogP contribution is -2.50. The highest BCUT2D eigenvalue weighted by atomic mass is 16.5. The van der Waals surface area contributed by atoms with Gasteiger partial charge in [-0.1, -0.05) is 0 Å². The van der Waals surface area contributed by atoms with E-state index in [1.54, 1.807) is 7.11 Å². The molecule has 0 aromatic carbocycles. The van der Waals surface area contributed by atoms with Gasteiger partial charge in [-0.05, 0) is 18.9 Å². The lowest BCUT2D eigenvalue weighted by molar-refractivity contribution is -0.128. The van der Waals surface area contributed by atoms with Crippen molar-refractivity contribution in [3.8, 4) is 0 Å². The molecule has 0 aliphatic carbocycles. The predicted molar refractivity (Wildman–Crippen MR) is 54.8 cm³/mol. The number of methoxy groups -OCH3 is 1. The minimum Gasteiger partial charge on any atom is -0.396 e. The van der Waals surface area contributed by atoms with Crippen molar-refractivity contribution in [1.29, 1.82) is 0 Å². The third kappa shape index (κ3) is 3.13. The normalized spacial score (nSPS) is 24.1. The standard InChI is InChI=1S/C9H19N3O3/c1-15-6-8(9(14)11-10)12-3-2-7(4-12)5-13/h7-8,13H,2-6,10H2,1H3,(H,11,14). The van der Waals surface area contributed by atoms with E-state index < -0.39 is 0 Å². The van der Waals surface area contributed by atoms with E-state index in [9.17, 15) is 4.79 Å². The number of hydrogen-bond donors (Lipinski definition) is 3. The number of likely N-dealkylation sites (tertiary alicyclic amines) is 1. The van der Waals surface area contributed by atoms with Crippen LogP contribution in [0.5, 0.6) is 0 Å². The molecule has 1 fully saturated rings. The minimum atomic E-state index is -0.350. The number of ether oxygens (including phenoxy) is 1. The van der Waals surface area contributed by atoms with Gasteiger partial charge in [0.1, 0.15) is 6.04 Å². The van der Waals surface area contributed by atoms with E-state index in [0.717, 1.165) is 19.5 Å². The average molecular weight is 217 g/mol. The molecule has 0 aromatic heterocycles. The number of nitrogens with zero attached hydrogens (tertiary/aromatic N) is 1. The molecule has 0 aromatic rings. The summed E-state index contributed by atoms with van der Waals surface area (Å²) in [5.74, 6) is 5.13. The van der Waals surface area contributed by atoms with Gasteiger partial charge in [-0.2, -0.15) is 0 Å². The molecule has 0 saturated carbocycles. The van der Waals surface area contributed by atoms with Crippen LogP contribution in [0.3, 0.4) is 0 Å². The van der Waals surface area contributed by atoms with Gasteiger partial charge in [0.2, 0.25) is 0 Å². The van der Waals surface area contributed by atoms with Crippen LogP contribution in [-0.2, 0) is 9.53 Å². The summed E-state index contributed by atoms with van der Waals surface area (Å²) in [7, 11) is 1.55. The Morgan fingerprint density at radius 1 is 1.80 bits per heavy atom. The van der Waals surface area contributed by atoms with Gasteiger partial charge in [0, 0.05) is 20.3 Å². The van der Waals surface area contributed by atoms with Crippen molar-refractivity contribution in [1.82, 2.24) is 10.3 Å². The van der Waals surface area contributed by atoms with E-state index in [-0.39, 0.29) is 24.5 Å². The summed E-state index contributed by atoms with van der Waals surface area (Å²) in [6.07, 6.45) is 0.911. The molecular formula is C9H19N3O3. The molecule has 15 heavy (non-hydrogen) atoms. The number of hydrazine groups is 1. The Bertz CT molecular complexity index is 213. The fourth-order valence-electron chi connectivity index (χ4n) is 1.90. The Morgan fingerprint density at radius 2 is 2.53 bits per heavy atom. The quantitative estimate of drug-likeness (QED) is 0.290. The van der Waals surface area contributed by atoms with E-state index in [4.69, 9.17) is 15.7 Å². The maximum atomic E-state index is 11.5. The van der Waals surface area contributed by atoms with Crippen molar-refractivity contribution < 1.29 is 14.6 Å². The summed E-state index contributed by atoms with van der Waals surface area (Å²) in [6.45, 7) is 2.01. The first-order chi connectivity index (χ1) is 7.22. The number of aliphatic hydroxyl groups excluding tert-OH is 1. The molecule has 1 rings (SSSR count). The number of nitrogens with two attached hydrogens (primary N) is 1. The smallest absolute Gasteiger partial charge is 0.253 e. The summed E-state index contributed by atoms with van der Waals surface area (Å²) in [4.78, 5) is 13.5. The summed E-state index contributed by atoms with van der Waals surface area (Å²) in [5.41, 5.74) is 2.14. The molecule has 1 aliphatic rings. The Kier molecular flexibility index (Phi) is 4.97. The molecule has 1 heterocycles. The topological polar surface area (TPSA) is 87.8 Å². The fourth-order valence-corrected chi connectivity index (χ4v) is 1.90. The van der Waals surface area contributed by atoms with Gasteiger partial charge < -0.3 is 9.84 Å². The molecule has 6 nitrogen and oxygen atoms in total. The first-order valence-corrected chi connectivity index (χ1v) is 5.07. The van der Waals surface area contributed by atoms with Crippen molar-refractivity contribution in [3.63, 3.8) is 0 Å². The Hall–Kier alpha value is -0.690. The van der Waals surface area contributed by atoms with Gasteiger partial charge in [-0.25, -0.2) is 5.84 Å². The summed E-state index contributed by atoms with van der Waals surface area (Å²) in [6, 6.07) is -0.350. The van der Waals surface area contributed by atoms with E-state index in [2.05, 4.69) is 5.43 Å². The largest absolute Gasteiger partial charge is 0.396 e. The van der Waals surface area contributed by atoms with Crippen LogP contribution in [0, 0.1) is 5.92 Å². The third-order valence-corrected chi connectivity index (χ3v) is 2.79. The van der Waals surface area contributed by atoms with Gasteiger partial charge in [0.25, 0.3) is 5.91 Å². The zero-order valence-electron chi connectivity index (χ0n) is 8.98. The highest BCUT2D eigenvalue weighted by Crippen LogP contribution is 2.18. The molecule has 1 amide bonds. The van der Waals surface area contributed by atoms with Crippen LogP contribution in [-0.4, -0.2) is 55.4 Å². The molecule has 2 atom stereocenters. The van der Waals surface area contributed by atoms with E-state index in [1.165, 1.54) is 0 Å². The molecule has 0 bridgehead atoms. The van der Waals surface area contributed by atoms with E-state index in [1.807, 2.05) is 4.90 Å². The lowest BCUT2D eigenvalue weighted by atomic mass is 10.1. The van der Waals surface area contributed by atoms with Crippen LogP contribution < -0.4 is 11.3 Å². The molecule has 0 spiro atoms. The van der Waals surface area contributed by atoms with Gasteiger partial charge in [0.15, 0.2) is 0 Å². The molecule has 4 N–H and O–H groups in total. The fraction of sp³-hybridized carbons (Fsp3) is 0.889. The second-order valence-electron chi connectivity index (χ2n) is 3.81. The number of carbonyl (C=O) groups is 1. The maximum Gasteiger partial charge on any atom is 0.253 e. The van der Waals surface area contributed by atoms with Gasteiger partial charge in [-0.15, -0.1) is 0 Å². The van der Waals surface area contributed by atoms with Crippen molar-refractivity contribution >= 4 is 5.91 Å². The minimum absolute atomic E-state index is 0.167. The Balaban J connectivity index is 2.53. The highest BCUT2D eigenvalue weighted by Gasteiger charge is 2.31. The third-order valence-electron chi connectivity index (χ3n) is 2.79. The zero-order chi connectivity index (χ0) is 11.3.